The number of amides is 1. The van der Waals surface area contributed by atoms with Crippen molar-refractivity contribution in [3.05, 3.63) is 48.6 Å². The van der Waals surface area contributed by atoms with Gasteiger partial charge in [-0.25, -0.2) is 0 Å². The summed E-state index contributed by atoms with van der Waals surface area (Å²) in [5, 5.41) is 2.56. The van der Waals surface area contributed by atoms with Crippen LogP contribution in [0.5, 0.6) is 0 Å². The van der Waals surface area contributed by atoms with Crippen LogP contribution in [0.3, 0.4) is 0 Å². The Morgan fingerprint density at radius 2 is 2.05 bits per heavy atom. The Labute approximate surface area is 113 Å². The van der Waals surface area contributed by atoms with Gasteiger partial charge in [0.1, 0.15) is 13.2 Å². The van der Waals surface area contributed by atoms with E-state index in [-0.39, 0.29) is 25.0 Å². The second-order valence-corrected chi connectivity index (χ2v) is 4.28. The number of ether oxygens (including phenoxy) is 1. The maximum absolute atomic E-state index is 11.8. The lowest BCUT2D eigenvalue weighted by Gasteiger charge is -2.11. The second-order valence-electron chi connectivity index (χ2n) is 4.28. The number of esters is 1. The molecule has 102 valence electrons. The Balaban J connectivity index is 2.33. The molecule has 19 heavy (non-hydrogen) atoms. The summed E-state index contributed by atoms with van der Waals surface area (Å²) < 4.78 is 4.77. The van der Waals surface area contributed by atoms with E-state index in [4.69, 9.17) is 4.74 Å². The first-order valence-electron chi connectivity index (χ1n) is 6.21. The average Bonchev–Trinajstić information content (AvgIpc) is 2.43. The highest BCUT2D eigenvalue weighted by molar-refractivity contribution is 5.83. The zero-order valence-corrected chi connectivity index (χ0v) is 11.1. The molecule has 0 spiro atoms. The van der Waals surface area contributed by atoms with Crippen LogP contribution < -0.4 is 5.32 Å². The zero-order valence-electron chi connectivity index (χ0n) is 11.1. The van der Waals surface area contributed by atoms with Crippen molar-refractivity contribution in [3.8, 4) is 0 Å². The number of hydrogen-bond donors (Lipinski definition) is 1. The minimum Gasteiger partial charge on any atom is -0.460 e. The molecule has 0 heterocycles. The minimum atomic E-state index is -0.458. The van der Waals surface area contributed by atoms with Gasteiger partial charge in [-0.1, -0.05) is 49.9 Å². The first kappa shape index (κ1) is 15.0. The summed E-state index contributed by atoms with van der Waals surface area (Å²) in [6, 6.07) is 9.76. The number of hydrogen-bond acceptors (Lipinski definition) is 3. The van der Waals surface area contributed by atoms with Gasteiger partial charge in [-0.2, -0.15) is 0 Å². The van der Waals surface area contributed by atoms with Gasteiger partial charge in [-0.15, -0.1) is 0 Å². The molecule has 0 saturated carbocycles. The maximum atomic E-state index is 11.8. The van der Waals surface area contributed by atoms with Crippen molar-refractivity contribution in [3.63, 3.8) is 0 Å². The van der Waals surface area contributed by atoms with Crippen LogP contribution >= 0.6 is 0 Å². The standard InChI is InChI=1S/C15H19NO3/c1-3-9-19-14(17)11-16-15(18)12(2)10-13-7-5-4-6-8-13/h3-8,12H,1,9-11H2,2H3,(H,16,18)/t12-/m0/s1. The van der Waals surface area contributed by atoms with Crippen LogP contribution in [-0.2, 0) is 20.7 Å². The third-order valence-electron chi connectivity index (χ3n) is 2.60. The van der Waals surface area contributed by atoms with Crippen molar-refractivity contribution in [2.24, 2.45) is 5.92 Å². The Hall–Kier alpha value is -2.10. The Morgan fingerprint density at radius 3 is 2.68 bits per heavy atom. The molecule has 1 aromatic carbocycles. The molecule has 4 heteroatoms. The minimum absolute atomic E-state index is 0.105. The van der Waals surface area contributed by atoms with Crippen molar-refractivity contribution in [2.75, 3.05) is 13.2 Å². The number of benzene rings is 1. The number of carbonyl (C=O) groups is 2. The van der Waals surface area contributed by atoms with Gasteiger partial charge in [0.05, 0.1) is 0 Å². The lowest BCUT2D eigenvalue weighted by atomic mass is 10.0. The van der Waals surface area contributed by atoms with E-state index in [9.17, 15) is 9.59 Å². The summed E-state index contributed by atoms with van der Waals surface area (Å²) in [6.45, 7) is 5.32. The zero-order chi connectivity index (χ0) is 14.1. The van der Waals surface area contributed by atoms with E-state index >= 15 is 0 Å². The SMILES string of the molecule is C=CCOC(=O)CNC(=O)[C@@H](C)Cc1ccccc1. The molecule has 0 aliphatic carbocycles. The number of carbonyl (C=O) groups excluding carboxylic acids is 2. The van der Waals surface area contributed by atoms with Crippen LogP contribution in [-0.4, -0.2) is 25.0 Å². The molecule has 0 fully saturated rings. The molecule has 4 nitrogen and oxygen atoms in total. The van der Waals surface area contributed by atoms with Gasteiger partial charge in [0.25, 0.3) is 0 Å². The predicted molar refractivity (Wildman–Crippen MR) is 73.5 cm³/mol. The van der Waals surface area contributed by atoms with Crippen molar-refractivity contribution in [2.45, 2.75) is 13.3 Å². The number of nitrogens with one attached hydrogen (secondary N) is 1. The molecule has 1 rings (SSSR count). The molecule has 0 aliphatic rings. The highest BCUT2D eigenvalue weighted by atomic mass is 16.5. The van der Waals surface area contributed by atoms with E-state index in [0.717, 1.165) is 5.56 Å². The summed E-state index contributed by atoms with van der Waals surface area (Å²) in [5.41, 5.74) is 1.10. The molecular weight excluding hydrogens is 242 g/mol. The van der Waals surface area contributed by atoms with E-state index < -0.39 is 5.97 Å². The Kier molecular flexibility index (Phi) is 6.36. The van der Waals surface area contributed by atoms with Crippen molar-refractivity contribution in [1.82, 2.24) is 5.32 Å². The lowest BCUT2D eigenvalue weighted by molar-refractivity contribution is -0.143. The normalized spacial score (nSPS) is 11.4. The molecule has 0 aliphatic heterocycles. The van der Waals surface area contributed by atoms with Crippen molar-refractivity contribution in [1.29, 1.82) is 0 Å². The second kappa shape index (κ2) is 8.08. The fourth-order valence-corrected chi connectivity index (χ4v) is 1.60. The molecule has 0 unspecified atom stereocenters. The fourth-order valence-electron chi connectivity index (χ4n) is 1.60. The van der Waals surface area contributed by atoms with Crippen LogP contribution in [0.1, 0.15) is 12.5 Å². The van der Waals surface area contributed by atoms with E-state index in [1.165, 1.54) is 6.08 Å². The smallest absolute Gasteiger partial charge is 0.325 e. The van der Waals surface area contributed by atoms with E-state index in [1.54, 1.807) is 0 Å². The van der Waals surface area contributed by atoms with Crippen LogP contribution in [0.4, 0.5) is 0 Å². The van der Waals surface area contributed by atoms with Crippen molar-refractivity contribution >= 4 is 11.9 Å². The van der Waals surface area contributed by atoms with Gasteiger partial charge < -0.3 is 10.1 Å². The monoisotopic (exact) mass is 261 g/mol. The first-order chi connectivity index (χ1) is 9.13. The van der Waals surface area contributed by atoms with Crippen LogP contribution in [0.15, 0.2) is 43.0 Å². The van der Waals surface area contributed by atoms with Gasteiger partial charge in [-0.05, 0) is 12.0 Å². The summed E-state index contributed by atoms with van der Waals surface area (Å²) in [7, 11) is 0. The molecule has 0 aromatic heterocycles. The molecule has 1 atom stereocenters. The summed E-state index contributed by atoms with van der Waals surface area (Å²) in [5.74, 6) is -0.797. The first-order valence-corrected chi connectivity index (χ1v) is 6.21. The van der Waals surface area contributed by atoms with Crippen LogP contribution in [0, 0.1) is 5.92 Å². The molecule has 0 saturated heterocycles. The topological polar surface area (TPSA) is 55.4 Å². The fraction of sp³-hybridized carbons (Fsp3) is 0.333. The summed E-state index contributed by atoms with van der Waals surface area (Å²) >= 11 is 0. The summed E-state index contributed by atoms with van der Waals surface area (Å²) in [4.78, 5) is 23.0. The third kappa shape index (κ3) is 5.86. The van der Waals surface area contributed by atoms with E-state index in [1.807, 2.05) is 37.3 Å². The van der Waals surface area contributed by atoms with Gasteiger partial charge in [0.2, 0.25) is 5.91 Å². The predicted octanol–water partition coefficient (Wildman–Crippen LogP) is 1.71. The summed E-state index contributed by atoms with van der Waals surface area (Å²) in [6.07, 6.45) is 2.13. The molecule has 1 amide bonds. The quantitative estimate of drug-likeness (QED) is 0.600. The Bertz CT molecular complexity index is 428. The van der Waals surface area contributed by atoms with E-state index in [2.05, 4.69) is 11.9 Å². The molecule has 1 aromatic rings. The largest absolute Gasteiger partial charge is 0.460 e. The lowest BCUT2D eigenvalue weighted by Crippen LogP contribution is -2.35. The average molecular weight is 261 g/mol. The van der Waals surface area contributed by atoms with Crippen LogP contribution in [0.2, 0.25) is 0 Å². The molecular formula is C15H19NO3. The molecule has 0 bridgehead atoms. The van der Waals surface area contributed by atoms with Crippen molar-refractivity contribution < 1.29 is 14.3 Å². The van der Waals surface area contributed by atoms with Gasteiger partial charge >= 0.3 is 5.97 Å². The molecule has 0 radical (unpaired) electrons. The highest BCUT2D eigenvalue weighted by Gasteiger charge is 2.14. The highest BCUT2D eigenvalue weighted by Crippen LogP contribution is 2.07. The van der Waals surface area contributed by atoms with E-state index in [0.29, 0.717) is 6.42 Å². The van der Waals surface area contributed by atoms with Gasteiger partial charge in [0, 0.05) is 5.92 Å². The van der Waals surface area contributed by atoms with Gasteiger partial charge in [0.15, 0.2) is 0 Å². The maximum Gasteiger partial charge on any atom is 0.325 e. The Morgan fingerprint density at radius 1 is 1.37 bits per heavy atom. The van der Waals surface area contributed by atoms with Gasteiger partial charge in [-0.3, -0.25) is 9.59 Å². The molecule has 1 N–H and O–H groups in total. The third-order valence-corrected chi connectivity index (χ3v) is 2.60. The number of rotatable bonds is 7. The van der Waals surface area contributed by atoms with Crippen LogP contribution in [0.25, 0.3) is 0 Å².